The van der Waals surface area contributed by atoms with Crippen LogP contribution in [0.25, 0.3) is 0 Å². The van der Waals surface area contributed by atoms with Crippen LogP contribution >= 0.6 is 0 Å². The fourth-order valence-electron chi connectivity index (χ4n) is 1.82. The number of hydrogen-bond donors (Lipinski definition) is 1. The van der Waals surface area contributed by atoms with Gasteiger partial charge in [-0.1, -0.05) is 12.1 Å². The number of nitrogens with zero attached hydrogens (tertiary/aromatic N) is 1. The second kappa shape index (κ2) is 7.84. The van der Waals surface area contributed by atoms with Gasteiger partial charge in [-0.25, -0.2) is 0 Å². The molecule has 0 atom stereocenters. The molecule has 2 N–H and O–H groups in total. The lowest BCUT2D eigenvalue weighted by molar-refractivity contribution is -0.118. The summed E-state index contributed by atoms with van der Waals surface area (Å²) in [6.07, 6.45) is 1.27. The minimum atomic E-state index is 0.134. The molecule has 0 bridgehead atoms. The maximum Gasteiger partial charge on any atom is 0.227 e. The van der Waals surface area contributed by atoms with E-state index >= 15 is 0 Å². The molecule has 0 aliphatic carbocycles. The Hall–Kier alpha value is -1.39. The molecule has 0 unspecified atom stereocenters. The number of amides is 1. The molecule has 0 fully saturated rings. The Bertz CT molecular complexity index is 363. The molecule has 1 amide bonds. The Labute approximate surface area is 109 Å². The molecular formula is C14H22N2O2. The van der Waals surface area contributed by atoms with Gasteiger partial charge in [0.05, 0.1) is 0 Å². The Morgan fingerprint density at radius 3 is 2.50 bits per heavy atom. The third-order valence-corrected chi connectivity index (χ3v) is 2.84. The normalized spacial score (nSPS) is 10.4. The van der Waals surface area contributed by atoms with Crippen molar-refractivity contribution in [3.05, 3.63) is 29.8 Å². The lowest BCUT2D eigenvalue weighted by Crippen LogP contribution is -2.30. The van der Waals surface area contributed by atoms with Gasteiger partial charge >= 0.3 is 0 Å². The molecule has 0 aromatic heterocycles. The van der Waals surface area contributed by atoms with Gasteiger partial charge in [-0.3, -0.25) is 4.79 Å². The minimum absolute atomic E-state index is 0.134. The van der Waals surface area contributed by atoms with E-state index in [1.165, 1.54) is 0 Å². The molecule has 1 rings (SSSR count). The van der Waals surface area contributed by atoms with Crippen molar-refractivity contribution in [1.82, 2.24) is 0 Å². The predicted molar refractivity (Wildman–Crippen MR) is 73.5 cm³/mol. The van der Waals surface area contributed by atoms with Crippen molar-refractivity contribution in [2.75, 3.05) is 25.2 Å². The van der Waals surface area contributed by atoms with Crippen molar-refractivity contribution in [3.63, 3.8) is 0 Å². The van der Waals surface area contributed by atoms with Crippen LogP contribution in [0.15, 0.2) is 24.3 Å². The summed E-state index contributed by atoms with van der Waals surface area (Å²) in [5.41, 5.74) is 7.55. The lowest BCUT2D eigenvalue weighted by atomic mass is 10.2. The van der Waals surface area contributed by atoms with Gasteiger partial charge in [-0.05, 0) is 31.0 Å². The average molecular weight is 250 g/mol. The number of hydrogen-bond acceptors (Lipinski definition) is 3. The summed E-state index contributed by atoms with van der Waals surface area (Å²) in [6, 6.07) is 7.81. The molecule has 0 saturated heterocycles. The van der Waals surface area contributed by atoms with Crippen LogP contribution in [-0.2, 0) is 16.1 Å². The van der Waals surface area contributed by atoms with Gasteiger partial charge in [0, 0.05) is 38.9 Å². The van der Waals surface area contributed by atoms with Gasteiger partial charge in [0.2, 0.25) is 5.91 Å². The SMILES string of the molecule is CCN(C(=O)CCCOC)c1ccc(CN)cc1. The van der Waals surface area contributed by atoms with Gasteiger partial charge in [0.25, 0.3) is 0 Å². The Kier molecular flexibility index (Phi) is 6.39. The largest absolute Gasteiger partial charge is 0.385 e. The van der Waals surface area contributed by atoms with E-state index in [4.69, 9.17) is 10.5 Å². The van der Waals surface area contributed by atoms with Gasteiger partial charge in [-0.15, -0.1) is 0 Å². The van der Waals surface area contributed by atoms with Crippen LogP contribution < -0.4 is 10.6 Å². The van der Waals surface area contributed by atoms with E-state index in [0.717, 1.165) is 17.7 Å². The lowest BCUT2D eigenvalue weighted by Gasteiger charge is -2.21. The van der Waals surface area contributed by atoms with Gasteiger partial charge in [-0.2, -0.15) is 0 Å². The second-order valence-electron chi connectivity index (χ2n) is 4.10. The molecule has 0 spiro atoms. The highest BCUT2D eigenvalue weighted by Crippen LogP contribution is 2.16. The molecule has 18 heavy (non-hydrogen) atoms. The Morgan fingerprint density at radius 2 is 2.00 bits per heavy atom. The first-order valence-electron chi connectivity index (χ1n) is 6.31. The molecule has 4 heteroatoms. The summed E-state index contributed by atoms with van der Waals surface area (Å²) in [5.74, 6) is 0.134. The van der Waals surface area contributed by atoms with Gasteiger partial charge in [0.15, 0.2) is 0 Å². The smallest absolute Gasteiger partial charge is 0.227 e. The van der Waals surface area contributed by atoms with Crippen LogP contribution in [0.3, 0.4) is 0 Å². The van der Waals surface area contributed by atoms with E-state index < -0.39 is 0 Å². The number of anilines is 1. The van der Waals surface area contributed by atoms with E-state index in [1.54, 1.807) is 12.0 Å². The van der Waals surface area contributed by atoms with E-state index in [0.29, 0.717) is 26.1 Å². The number of methoxy groups -OCH3 is 1. The maximum absolute atomic E-state index is 12.0. The van der Waals surface area contributed by atoms with Crippen LogP contribution in [0.4, 0.5) is 5.69 Å². The first-order chi connectivity index (χ1) is 8.72. The fourth-order valence-corrected chi connectivity index (χ4v) is 1.82. The minimum Gasteiger partial charge on any atom is -0.385 e. The molecular weight excluding hydrogens is 228 g/mol. The summed E-state index contributed by atoms with van der Waals surface area (Å²) in [6.45, 7) is 3.79. The van der Waals surface area contributed by atoms with E-state index in [2.05, 4.69) is 0 Å². The molecule has 0 heterocycles. The van der Waals surface area contributed by atoms with Crippen LogP contribution in [-0.4, -0.2) is 26.2 Å². The van der Waals surface area contributed by atoms with Crippen molar-refractivity contribution in [2.24, 2.45) is 5.73 Å². The monoisotopic (exact) mass is 250 g/mol. The molecule has 0 radical (unpaired) electrons. The van der Waals surface area contributed by atoms with Gasteiger partial charge < -0.3 is 15.4 Å². The van der Waals surface area contributed by atoms with Crippen LogP contribution in [0.1, 0.15) is 25.3 Å². The summed E-state index contributed by atoms with van der Waals surface area (Å²) in [5, 5.41) is 0. The van der Waals surface area contributed by atoms with E-state index in [9.17, 15) is 4.79 Å². The van der Waals surface area contributed by atoms with Crippen LogP contribution in [0.5, 0.6) is 0 Å². The summed E-state index contributed by atoms with van der Waals surface area (Å²) < 4.78 is 4.96. The number of rotatable bonds is 7. The van der Waals surface area contributed by atoms with E-state index in [-0.39, 0.29) is 5.91 Å². The van der Waals surface area contributed by atoms with Crippen molar-refractivity contribution in [2.45, 2.75) is 26.3 Å². The standard InChI is InChI=1S/C14H22N2O2/c1-3-16(14(17)5-4-10-18-2)13-8-6-12(11-15)7-9-13/h6-9H,3-5,10-11,15H2,1-2H3. The highest BCUT2D eigenvalue weighted by Gasteiger charge is 2.13. The Morgan fingerprint density at radius 1 is 1.33 bits per heavy atom. The van der Waals surface area contributed by atoms with Gasteiger partial charge in [0.1, 0.15) is 0 Å². The third kappa shape index (κ3) is 4.13. The van der Waals surface area contributed by atoms with Crippen LogP contribution in [0.2, 0.25) is 0 Å². The maximum atomic E-state index is 12.0. The van der Waals surface area contributed by atoms with Crippen molar-refractivity contribution >= 4 is 11.6 Å². The summed E-state index contributed by atoms with van der Waals surface area (Å²) in [7, 11) is 1.65. The number of nitrogens with two attached hydrogens (primary N) is 1. The molecule has 1 aromatic carbocycles. The Balaban J connectivity index is 2.66. The highest BCUT2D eigenvalue weighted by molar-refractivity contribution is 5.93. The predicted octanol–water partition coefficient (Wildman–Crippen LogP) is 1.92. The molecule has 0 saturated carbocycles. The molecule has 0 aliphatic rings. The zero-order valence-electron chi connectivity index (χ0n) is 11.2. The molecule has 100 valence electrons. The van der Waals surface area contributed by atoms with Crippen molar-refractivity contribution in [3.8, 4) is 0 Å². The fraction of sp³-hybridized carbons (Fsp3) is 0.500. The molecule has 0 aliphatic heterocycles. The van der Waals surface area contributed by atoms with Crippen molar-refractivity contribution in [1.29, 1.82) is 0 Å². The molecule has 4 nitrogen and oxygen atoms in total. The number of carbonyl (C=O) groups is 1. The average Bonchev–Trinajstić information content (AvgIpc) is 2.41. The summed E-state index contributed by atoms with van der Waals surface area (Å²) >= 11 is 0. The van der Waals surface area contributed by atoms with Crippen LogP contribution in [0, 0.1) is 0 Å². The summed E-state index contributed by atoms with van der Waals surface area (Å²) in [4.78, 5) is 13.8. The first kappa shape index (κ1) is 14.7. The highest BCUT2D eigenvalue weighted by atomic mass is 16.5. The van der Waals surface area contributed by atoms with E-state index in [1.807, 2.05) is 31.2 Å². The van der Waals surface area contributed by atoms with Crippen molar-refractivity contribution < 1.29 is 9.53 Å². The first-order valence-corrected chi connectivity index (χ1v) is 6.31. The number of carbonyl (C=O) groups excluding carboxylic acids is 1. The second-order valence-corrected chi connectivity index (χ2v) is 4.10. The topological polar surface area (TPSA) is 55.6 Å². The quantitative estimate of drug-likeness (QED) is 0.752. The number of benzene rings is 1. The third-order valence-electron chi connectivity index (χ3n) is 2.84. The zero-order valence-corrected chi connectivity index (χ0v) is 11.2. The number of ether oxygens (including phenoxy) is 1. The molecule has 1 aromatic rings. The zero-order chi connectivity index (χ0) is 13.4.